The molecular formula is C17H11Cl2N7O. The van der Waals surface area contributed by atoms with Gasteiger partial charge in [-0.15, -0.1) is 10.2 Å². The fourth-order valence-electron chi connectivity index (χ4n) is 2.14. The molecule has 8 nitrogen and oxygen atoms in total. The minimum atomic E-state index is -0.367. The number of nitriles is 1. The van der Waals surface area contributed by atoms with Gasteiger partial charge in [-0.3, -0.25) is 4.79 Å². The third kappa shape index (κ3) is 4.61. The average molecular weight is 400 g/mol. The van der Waals surface area contributed by atoms with Crippen molar-refractivity contribution in [2.24, 2.45) is 0 Å². The first-order valence-electron chi connectivity index (χ1n) is 7.54. The second kappa shape index (κ2) is 8.31. The smallest absolute Gasteiger partial charge is 0.257 e. The largest absolute Gasteiger partial charge is 0.360 e. The molecule has 2 aromatic carbocycles. The molecule has 0 atom stereocenters. The van der Waals surface area contributed by atoms with Crippen LogP contribution >= 0.6 is 23.2 Å². The molecule has 0 radical (unpaired) electrons. The van der Waals surface area contributed by atoms with Crippen molar-refractivity contribution in [2.45, 2.75) is 0 Å². The molecule has 0 saturated heterocycles. The quantitative estimate of drug-likeness (QED) is 0.562. The van der Waals surface area contributed by atoms with E-state index in [9.17, 15) is 4.79 Å². The number of allylic oxidation sites excluding steroid dienone is 1. The number of benzene rings is 2. The molecule has 0 aliphatic rings. The van der Waals surface area contributed by atoms with Crippen molar-refractivity contribution in [1.29, 1.82) is 5.26 Å². The molecule has 3 rings (SSSR count). The van der Waals surface area contributed by atoms with E-state index in [0.717, 1.165) is 0 Å². The monoisotopic (exact) mass is 399 g/mol. The summed E-state index contributed by atoms with van der Waals surface area (Å²) < 4.78 is 0. The van der Waals surface area contributed by atoms with Crippen molar-refractivity contribution < 1.29 is 4.79 Å². The number of hydrogen-bond donors (Lipinski definition) is 3. The number of aromatic amines is 1. The minimum absolute atomic E-state index is 0.173. The van der Waals surface area contributed by atoms with Crippen LogP contribution in [-0.2, 0) is 0 Å². The predicted molar refractivity (Wildman–Crippen MR) is 102 cm³/mol. The Morgan fingerprint density at radius 1 is 1.19 bits per heavy atom. The summed E-state index contributed by atoms with van der Waals surface area (Å²) in [5.74, 6) is -0.194. The van der Waals surface area contributed by atoms with E-state index < -0.39 is 0 Å². The molecule has 0 aliphatic heterocycles. The van der Waals surface area contributed by atoms with E-state index in [1.165, 1.54) is 12.3 Å². The number of aromatic nitrogens is 4. The summed E-state index contributed by atoms with van der Waals surface area (Å²) in [5.41, 5.74) is 1.70. The molecule has 1 aromatic heterocycles. The summed E-state index contributed by atoms with van der Waals surface area (Å²) in [6.07, 6.45) is 1.45. The standard InChI is InChI=1S/C17H11Cl2N7O/c18-11-4-5-14(15(19)6-11)17(27)22-13-3-1-2-12(7-13)21-9-10(8-20)16-23-25-26-24-16/h1-7,9,21H,(H,22,27)(H,23,24,25,26). The van der Waals surface area contributed by atoms with Gasteiger partial charge in [-0.25, -0.2) is 0 Å². The van der Waals surface area contributed by atoms with E-state index in [1.54, 1.807) is 36.4 Å². The Bertz CT molecular complexity index is 1040. The molecule has 10 heteroatoms. The Morgan fingerprint density at radius 2 is 2.00 bits per heavy atom. The number of halogens is 2. The van der Waals surface area contributed by atoms with Gasteiger partial charge in [0.1, 0.15) is 11.6 Å². The summed E-state index contributed by atoms with van der Waals surface area (Å²) in [5, 5.41) is 28.8. The maximum Gasteiger partial charge on any atom is 0.257 e. The molecule has 0 unspecified atom stereocenters. The number of rotatable bonds is 5. The van der Waals surface area contributed by atoms with Gasteiger partial charge < -0.3 is 10.6 Å². The zero-order chi connectivity index (χ0) is 19.2. The SMILES string of the molecule is N#CC(=CNc1cccc(NC(=O)c2ccc(Cl)cc2Cl)c1)c1nn[nH]n1. The second-order valence-electron chi connectivity index (χ2n) is 5.21. The van der Waals surface area contributed by atoms with Gasteiger partial charge in [0.2, 0.25) is 5.82 Å². The highest BCUT2D eigenvalue weighted by Crippen LogP contribution is 2.23. The van der Waals surface area contributed by atoms with Crippen molar-refractivity contribution in [3.8, 4) is 6.07 Å². The lowest BCUT2D eigenvalue weighted by atomic mass is 10.2. The molecule has 0 saturated carbocycles. The Labute approximate surface area is 163 Å². The first-order chi connectivity index (χ1) is 13.1. The van der Waals surface area contributed by atoms with Crippen LogP contribution < -0.4 is 10.6 Å². The molecule has 1 amide bonds. The Morgan fingerprint density at radius 3 is 2.70 bits per heavy atom. The normalized spacial score (nSPS) is 10.9. The highest BCUT2D eigenvalue weighted by atomic mass is 35.5. The predicted octanol–water partition coefficient (Wildman–Crippen LogP) is 3.74. The van der Waals surface area contributed by atoms with Gasteiger partial charge in [-0.05, 0) is 41.6 Å². The van der Waals surface area contributed by atoms with Gasteiger partial charge in [-0.1, -0.05) is 29.3 Å². The fraction of sp³-hybridized carbons (Fsp3) is 0. The Balaban J connectivity index is 1.74. The minimum Gasteiger partial charge on any atom is -0.360 e. The Hall–Kier alpha value is -3.41. The van der Waals surface area contributed by atoms with E-state index in [1.807, 2.05) is 6.07 Å². The van der Waals surface area contributed by atoms with Gasteiger partial charge in [0.25, 0.3) is 5.91 Å². The van der Waals surface area contributed by atoms with Gasteiger partial charge in [-0.2, -0.15) is 10.5 Å². The number of amides is 1. The summed E-state index contributed by atoms with van der Waals surface area (Å²) in [6.45, 7) is 0. The van der Waals surface area contributed by atoms with E-state index in [0.29, 0.717) is 22.0 Å². The number of H-pyrrole nitrogens is 1. The van der Waals surface area contributed by atoms with Crippen LogP contribution in [0.25, 0.3) is 5.57 Å². The van der Waals surface area contributed by atoms with Crippen LogP contribution in [0, 0.1) is 11.3 Å². The molecular weight excluding hydrogens is 389 g/mol. The lowest BCUT2D eigenvalue weighted by molar-refractivity contribution is 0.102. The van der Waals surface area contributed by atoms with Crippen LogP contribution in [0.4, 0.5) is 11.4 Å². The van der Waals surface area contributed by atoms with E-state index in [2.05, 4.69) is 31.3 Å². The topological polar surface area (TPSA) is 119 Å². The molecule has 0 bridgehead atoms. The van der Waals surface area contributed by atoms with E-state index in [-0.39, 0.29) is 22.3 Å². The highest BCUT2D eigenvalue weighted by Gasteiger charge is 2.11. The summed E-state index contributed by atoms with van der Waals surface area (Å²) in [7, 11) is 0. The number of nitrogens with one attached hydrogen (secondary N) is 3. The van der Waals surface area contributed by atoms with Crippen molar-refractivity contribution in [3.05, 3.63) is 70.1 Å². The van der Waals surface area contributed by atoms with Crippen LogP contribution in [0.3, 0.4) is 0 Å². The van der Waals surface area contributed by atoms with Crippen molar-refractivity contribution in [1.82, 2.24) is 20.6 Å². The third-order valence-corrected chi connectivity index (χ3v) is 3.93. The second-order valence-corrected chi connectivity index (χ2v) is 6.05. The van der Waals surface area contributed by atoms with Crippen molar-refractivity contribution in [2.75, 3.05) is 10.6 Å². The number of hydrogen-bond acceptors (Lipinski definition) is 6. The van der Waals surface area contributed by atoms with Gasteiger partial charge in [0.15, 0.2) is 0 Å². The first-order valence-corrected chi connectivity index (χ1v) is 8.29. The summed E-state index contributed by atoms with van der Waals surface area (Å²) >= 11 is 11.9. The molecule has 0 aliphatic carbocycles. The molecule has 3 N–H and O–H groups in total. The fourth-order valence-corrected chi connectivity index (χ4v) is 2.63. The zero-order valence-electron chi connectivity index (χ0n) is 13.6. The van der Waals surface area contributed by atoms with Crippen LogP contribution in [-0.4, -0.2) is 26.5 Å². The molecule has 0 spiro atoms. The maximum atomic E-state index is 12.4. The van der Waals surface area contributed by atoms with Gasteiger partial charge >= 0.3 is 0 Å². The number of anilines is 2. The molecule has 134 valence electrons. The Kier molecular flexibility index (Phi) is 5.66. The number of nitrogens with zero attached hydrogens (tertiary/aromatic N) is 4. The van der Waals surface area contributed by atoms with E-state index in [4.69, 9.17) is 28.5 Å². The maximum absolute atomic E-state index is 12.4. The van der Waals surface area contributed by atoms with Crippen LogP contribution in [0.15, 0.2) is 48.7 Å². The van der Waals surface area contributed by atoms with Gasteiger partial charge in [0, 0.05) is 22.6 Å². The summed E-state index contributed by atoms with van der Waals surface area (Å²) in [6, 6.07) is 13.6. The van der Waals surface area contributed by atoms with Crippen LogP contribution in [0.2, 0.25) is 10.0 Å². The molecule has 27 heavy (non-hydrogen) atoms. The number of tetrazole rings is 1. The zero-order valence-corrected chi connectivity index (χ0v) is 15.1. The molecule has 0 fully saturated rings. The molecule has 1 heterocycles. The third-order valence-electron chi connectivity index (χ3n) is 3.39. The number of carbonyl (C=O) groups is 1. The lowest BCUT2D eigenvalue weighted by Crippen LogP contribution is -2.12. The van der Waals surface area contributed by atoms with Gasteiger partial charge in [0.05, 0.1) is 10.6 Å². The first kappa shape index (κ1) is 18.4. The van der Waals surface area contributed by atoms with E-state index >= 15 is 0 Å². The summed E-state index contributed by atoms with van der Waals surface area (Å²) in [4.78, 5) is 12.4. The average Bonchev–Trinajstić information content (AvgIpc) is 3.17. The molecule has 3 aromatic rings. The van der Waals surface area contributed by atoms with Crippen molar-refractivity contribution >= 4 is 46.1 Å². The van der Waals surface area contributed by atoms with Crippen molar-refractivity contribution in [3.63, 3.8) is 0 Å². The highest BCUT2D eigenvalue weighted by molar-refractivity contribution is 6.37. The number of carbonyl (C=O) groups excluding carboxylic acids is 1. The van der Waals surface area contributed by atoms with Crippen LogP contribution in [0.1, 0.15) is 16.2 Å². The van der Waals surface area contributed by atoms with Crippen LogP contribution in [0.5, 0.6) is 0 Å². The lowest BCUT2D eigenvalue weighted by Gasteiger charge is -2.09.